The van der Waals surface area contributed by atoms with Crippen LogP contribution in [0.5, 0.6) is 0 Å². The quantitative estimate of drug-likeness (QED) is 0.667. The van der Waals surface area contributed by atoms with Crippen LogP contribution in [0.1, 0.15) is 31.0 Å². The van der Waals surface area contributed by atoms with Crippen molar-refractivity contribution in [1.82, 2.24) is 15.5 Å². The van der Waals surface area contributed by atoms with E-state index in [0.717, 1.165) is 27.2 Å². The number of hydrogen-bond acceptors (Lipinski definition) is 3. The number of aromatic amines is 1. The summed E-state index contributed by atoms with van der Waals surface area (Å²) in [4.78, 5) is 15.1. The van der Waals surface area contributed by atoms with Crippen molar-refractivity contribution in [2.24, 2.45) is 0 Å². The molecular weight excluding hydrogens is 316 g/mol. The number of carbonyl (C=O) groups is 1. The first-order valence-electron chi connectivity index (χ1n) is 7.28. The lowest BCUT2D eigenvalue weighted by Crippen LogP contribution is -2.28. The van der Waals surface area contributed by atoms with Crippen LogP contribution in [0.2, 0.25) is 5.02 Å². The third-order valence-corrected chi connectivity index (χ3v) is 3.87. The molecule has 0 bridgehead atoms. The minimum absolute atomic E-state index is 0.326. The fourth-order valence-corrected chi connectivity index (χ4v) is 2.78. The van der Waals surface area contributed by atoms with Gasteiger partial charge >= 0.3 is 6.03 Å². The molecule has 7 heteroatoms. The van der Waals surface area contributed by atoms with Gasteiger partial charge in [0.05, 0.1) is 12.7 Å². The van der Waals surface area contributed by atoms with Gasteiger partial charge in [-0.3, -0.25) is 0 Å². The number of anilines is 1. The molecule has 3 rings (SSSR count). The molecule has 3 N–H and O–H groups in total. The van der Waals surface area contributed by atoms with Crippen molar-refractivity contribution in [3.8, 4) is 0 Å². The molecule has 3 aromatic rings. The lowest BCUT2D eigenvalue weighted by Gasteiger charge is -2.07. The van der Waals surface area contributed by atoms with Gasteiger partial charge in [-0.1, -0.05) is 30.6 Å². The smallest absolute Gasteiger partial charge is 0.319 e. The summed E-state index contributed by atoms with van der Waals surface area (Å²) in [6.45, 7) is 4.58. The molecule has 0 unspecified atom stereocenters. The molecule has 0 saturated carbocycles. The average molecular weight is 333 g/mol. The first-order valence-corrected chi connectivity index (χ1v) is 7.66. The zero-order valence-electron chi connectivity index (χ0n) is 12.8. The summed E-state index contributed by atoms with van der Waals surface area (Å²) in [5.41, 5.74) is 3.52. The van der Waals surface area contributed by atoms with Crippen molar-refractivity contribution >= 4 is 34.2 Å². The molecule has 2 amide bonds. The number of benzene rings is 1. The number of rotatable bonds is 4. The highest BCUT2D eigenvalue weighted by Gasteiger charge is 2.10. The lowest BCUT2D eigenvalue weighted by atomic mass is 10.0. The van der Waals surface area contributed by atoms with Crippen LogP contribution in [0.4, 0.5) is 10.5 Å². The van der Waals surface area contributed by atoms with Crippen LogP contribution in [-0.4, -0.2) is 16.2 Å². The monoisotopic (exact) mass is 332 g/mol. The van der Waals surface area contributed by atoms with Crippen LogP contribution < -0.4 is 10.6 Å². The molecule has 0 fully saturated rings. The Kier molecular flexibility index (Phi) is 4.25. The molecule has 1 aromatic carbocycles. The van der Waals surface area contributed by atoms with Gasteiger partial charge in [0, 0.05) is 21.6 Å². The number of fused-ring (bicyclic) bond motifs is 1. The van der Waals surface area contributed by atoms with Crippen LogP contribution in [0.3, 0.4) is 0 Å². The minimum Gasteiger partial charge on any atom is -0.363 e. The van der Waals surface area contributed by atoms with Gasteiger partial charge in [0.1, 0.15) is 12.0 Å². The number of nitrogens with zero attached hydrogens (tertiary/aromatic N) is 1. The van der Waals surface area contributed by atoms with Crippen LogP contribution in [0.25, 0.3) is 10.9 Å². The van der Waals surface area contributed by atoms with E-state index in [1.807, 2.05) is 12.1 Å². The minimum atomic E-state index is -0.326. The van der Waals surface area contributed by atoms with Crippen molar-refractivity contribution < 1.29 is 9.32 Å². The molecule has 0 aliphatic rings. The Balaban J connectivity index is 1.70. The molecule has 0 saturated heterocycles. The second kappa shape index (κ2) is 6.34. The summed E-state index contributed by atoms with van der Waals surface area (Å²) in [5, 5.41) is 10.7. The Labute approximate surface area is 138 Å². The van der Waals surface area contributed by atoms with Crippen molar-refractivity contribution in [3.63, 3.8) is 0 Å². The van der Waals surface area contributed by atoms with Crippen molar-refractivity contribution in [1.29, 1.82) is 0 Å². The van der Waals surface area contributed by atoms with E-state index in [-0.39, 0.29) is 6.03 Å². The van der Waals surface area contributed by atoms with E-state index in [2.05, 4.69) is 45.2 Å². The fraction of sp³-hybridized carbons (Fsp3) is 0.250. The second-order valence-electron chi connectivity index (χ2n) is 5.63. The fourth-order valence-electron chi connectivity index (χ4n) is 2.38. The summed E-state index contributed by atoms with van der Waals surface area (Å²) < 4.78 is 4.65. The van der Waals surface area contributed by atoms with Gasteiger partial charge in [0.25, 0.3) is 0 Å². The number of carbonyl (C=O) groups excluding carboxylic acids is 1. The maximum atomic E-state index is 11.8. The Morgan fingerprint density at radius 2 is 2.22 bits per heavy atom. The van der Waals surface area contributed by atoms with Crippen LogP contribution in [0, 0.1) is 0 Å². The topological polar surface area (TPSA) is 83.0 Å². The number of urea groups is 1. The summed E-state index contributed by atoms with van der Waals surface area (Å²) >= 11 is 6.31. The number of hydrogen-bond donors (Lipinski definition) is 3. The highest BCUT2D eigenvalue weighted by molar-refractivity contribution is 6.32. The Morgan fingerprint density at radius 1 is 1.39 bits per heavy atom. The van der Waals surface area contributed by atoms with E-state index in [4.69, 9.17) is 11.6 Å². The summed E-state index contributed by atoms with van der Waals surface area (Å²) in [6, 6.07) is 5.66. The van der Waals surface area contributed by atoms with E-state index < -0.39 is 0 Å². The lowest BCUT2D eigenvalue weighted by molar-refractivity contribution is 0.251. The van der Waals surface area contributed by atoms with Gasteiger partial charge in [-0.15, -0.1) is 0 Å². The van der Waals surface area contributed by atoms with Gasteiger partial charge in [0.15, 0.2) is 0 Å². The van der Waals surface area contributed by atoms with Crippen molar-refractivity contribution in [2.45, 2.75) is 26.3 Å². The van der Waals surface area contributed by atoms with E-state index >= 15 is 0 Å². The summed E-state index contributed by atoms with van der Waals surface area (Å²) in [5.74, 6) is 0.353. The van der Waals surface area contributed by atoms with Gasteiger partial charge < -0.3 is 20.1 Å². The van der Waals surface area contributed by atoms with Crippen molar-refractivity contribution in [2.75, 3.05) is 5.32 Å². The molecule has 0 radical (unpaired) electrons. The third-order valence-electron chi connectivity index (χ3n) is 3.55. The van der Waals surface area contributed by atoms with Crippen LogP contribution in [0.15, 0.2) is 35.2 Å². The van der Waals surface area contributed by atoms with Gasteiger partial charge in [-0.2, -0.15) is 0 Å². The number of nitrogens with one attached hydrogen (secondary N) is 3. The SMILES string of the molecule is CC(C)c1cc2[nH]c(CNC(=O)Nc3cnoc3)cc2cc1Cl. The second-order valence-corrected chi connectivity index (χ2v) is 6.04. The number of amides is 2. The van der Waals surface area contributed by atoms with E-state index in [1.54, 1.807) is 0 Å². The predicted molar refractivity (Wildman–Crippen MR) is 89.8 cm³/mol. The van der Waals surface area contributed by atoms with Gasteiger partial charge in [-0.25, -0.2) is 4.79 Å². The maximum Gasteiger partial charge on any atom is 0.319 e. The molecule has 0 aliphatic heterocycles. The highest BCUT2D eigenvalue weighted by Crippen LogP contribution is 2.29. The number of halogens is 1. The summed E-state index contributed by atoms with van der Waals surface area (Å²) in [6.07, 6.45) is 2.79. The van der Waals surface area contributed by atoms with Gasteiger partial charge in [0.2, 0.25) is 0 Å². The van der Waals surface area contributed by atoms with Crippen molar-refractivity contribution in [3.05, 3.63) is 46.9 Å². The van der Waals surface area contributed by atoms with Crippen LogP contribution >= 0.6 is 11.6 Å². The van der Waals surface area contributed by atoms with E-state index in [1.165, 1.54) is 12.5 Å². The average Bonchev–Trinajstić information content (AvgIpc) is 3.12. The molecule has 120 valence electrons. The highest BCUT2D eigenvalue weighted by atomic mass is 35.5. The predicted octanol–water partition coefficient (Wildman–Crippen LogP) is 4.25. The Hall–Kier alpha value is -2.47. The van der Waals surface area contributed by atoms with E-state index in [0.29, 0.717) is 18.2 Å². The molecule has 6 nitrogen and oxygen atoms in total. The largest absolute Gasteiger partial charge is 0.363 e. The third kappa shape index (κ3) is 3.48. The Morgan fingerprint density at radius 3 is 2.91 bits per heavy atom. The molecule has 2 heterocycles. The molecule has 0 spiro atoms. The summed E-state index contributed by atoms with van der Waals surface area (Å²) in [7, 11) is 0. The Bertz CT molecular complexity index is 824. The number of aromatic nitrogens is 2. The standard InChI is InChI=1S/C16H17ClN4O2/c1-9(2)13-5-15-10(4-14(13)17)3-11(20-15)6-18-16(22)21-12-7-19-23-8-12/h3-5,7-9,20H,6H2,1-2H3,(H2,18,21,22). The molecule has 23 heavy (non-hydrogen) atoms. The molecule has 0 atom stereocenters. The first-order chi connectivity index (χ1) is 11.0. The first kappa shape index (κ1) is 15.4. The molecule has 2 aromatic heterocycles. The zero-order chi connectivity index (χ0) is 16.4. The number of H-pyrrole nitrogens is 1. The zero-order valence-corrected chi connectivity index (χ0v) is 13.6. The normalized spacial score (nSPS) is 11.1. The maximum absolute atomic E-state index is 11.8. The van der Waals surface area contributed by atoms with Crippen LogP contribution in [-0.2, 0) is 6.54 Å². The molecular formula is C16H17ClN4O2. The van der Waals surface area contributed by atoms with Gasteiger partial charge in [-0.05, 0) is 29.7 Å². The van der Waals surface area contributed by atoms with E-state index in [9.17, 15) is 4.79 Å². The molecule has 0 aliphatic carbocycles.